The van der Waals surface area contributed by atoms with Crippen molar-refractivity contribution in [3.63, 3.8) is 0 Å². The second-order valence-electron chi connectivity index (χ2n) is 0.962. The first-order valence-electron chi connectivity index (χ1n) is 2.28. The van der Waals surface area contributed by atoms with Crippen LogP contribution in [0.2, 0.25) is 0 Å². The normalized spacial score (nSPS) is 3.54. The van der Waals surface area contributed by atoms with E-state index < -0.39 is 0 Å². The molecule has 0 aliphatic rings. The molecule has 0 unspecified atom stereocenters. The summed E-state index contributed by atoms with van der Waals surface area (Å²) in [5.41, 5.74) is 0. The number of rotatable bonds is 0. The third kappa shape index (κ3) is 44.0. The van der Waals surface area contributed by atoms with Crippen molar-refractivity contribution in [1.82, 2.24) is 0 Å². The summed E-state index contributed by atoms with van der Waals surface area (Å²) in [4.78, 5) is 0. The Kier molecular flexibility index (Phi) is 118. The van der Waals surface area contributed by atoms with E-state index in [9.17, 15) is 0 Å². The van der Waals surface area contributed by atoms with Crippen LogP contribution in [0.1, 0.15) is 0 Å². The van der Waals surface area contributed by atoms with Gasteiger partial charge in [-0.05, 0) is 0 Å². The average molecular weight is 284 g/mol. The zero-order chi connectivity index (χ0) is 9.54. The van der Waals surface area contributed by atoms with Crippen molar-refractivity contribution in [3.05, 3.63) is 50.3 Å². The van der Waals surface area contributed by atoms with Crippen LogP contribution in [0.3, 0.4) is 0 Å². The molecule has 0 saturated heterocycles. The van der Waals surface area contributed by atoms with Gasteiger partial charge in [-0.1, -0.05) is 0 Å². The fraction of sp³-hybridized carbons (Fsp3) is 0. The molecule has 0 aliphatic heterocycles. The third-order valence-electron chi connectivity index (χ3n) is 0.556. The van der Waals surface area contributed by atoms with Crippen molar-refractivity contribution < 1.29 is 86.4 Å². The molecule has 0 aromatic heterocycles. The summed E-state index contributed by atoms with van der Waals surface area (Å²) in [5.74, 6) is 0. The van der Waals surface area contributed by atoms with Gasteiger partial charge in [0.2, 0.25) is 0 Å². The maximum Gasteiger partial charge on any atom is 1.00 e. The fourth-order valence-electron chi connectivity index (χ4n) is 0.321. The van der Waals surface area contributed by atoms with Crippen LogP contribution in [0.4, 0.5) is 0 Å². The van der Waals surface area contributed by atoms with Crippen LogP contribution in [0, 0.1) is 20.0 Å². The predicted octanol–water partition coefficient (Wildman–Crippen LogP) is -1.71. The molecule has 0 bridgehead atoms. The quantitative estimate of drug-likeness (QED) is 0.310. The van der Waals surface area contributed by atoms with Crippen LogP contribution in [0.5, 0.6) is 0 Å². The molecule has 0 amide bonds. The zero-order valence-electron chi connectivity index (χ0n) is 7.02. The van der Waals surface area contributed by atoms with E-state index in [1.54, 1.807) is 0 Å². The molecule has 1 rings (SSSR count). The second-order valence-corrected chi connectivity index (χ2v) is 0.962. The van der Waals surface area contributed by atoms with Gasteiger partial charge in [0.05, 0.1) is 0 Å². The van der Waals surface area contributed by atoms with Gasteiger partial charge in [0.15, 0.2) is 0 Å². The van der Waals surface area contributed by atoms with E-state index >= 15 is 0 Å². The smallest absolute Gasteiger partial charge is 0.214 e. The first kappa shape index (κ1) is 29.2. The van der Waals surface area contributed by atoms with Crippen molar-refractivity contribution in [3.8, 4) is 0 Å². The molecule has 1 aromatic rings. The molecule has 0 N–H and O–H groups in total. The van der Waals surface area contributed by atoms with E-state index in [4.69, 9.17) is 14.0 Å². The molecule has 0 heterocycles. The minimum Gasteiger partial charge on any atom is -0.214 e. The van der Waals surface area contributed by atoms with Crippen molar-refractivity contribution >= 4 is 0 Å². The van der Waals surface area contributed by atoms with Crippen molar-refractivity contribution in [1.29, 1.82) is 0 Å². The molecule has 0 radical (unpaired) electrons. The molecular formula is C8H5KMoO3. The monoisotopic (exact) mass is 286 g/mol. The maximum absolute atomic E-state index is 7.50. The van der Waals surface area contributed by atoms with Gasteiger partial charge >= 0.3 is 85.3 Å². The zero-order valence-corrected chi connectivity index (χ0v) is 12.1. The van der Waals surface area contributed by atoms with E-state index in [0.717, 1.165) is 0 Å². The van der Waals surface area contributed by atoms with Gasteiger partial charge in [0.25, 0.3) is 0 Å². The maximum atomic E-state index is 7.50. The van der Waals surface area contributed by atoms with Crippen LogP contribution >= 0.6 is 0 Å². The Hall–Kier alpha value is 0.895. The fourth-order valence-corrected chi connectivity index (χ4v) is 0.321. The van der Waals surface area contributed by atoms with Crippen LogP contribution in [0.25, 0.3) is 0 Å². The molecule has 62 valence electrons. The van der Waals surface area contributed by atoms with Gasteiger partial charge in [-0.25, -0.2) is 12.1 Å². The topological polar surface area (TPSA) is 59.7 Å². The Bertz CT molecular complexity index is 148. The van der Waals surface area contributed by atoms with Crippen LogP contribution in [0.15, 0.2) is 30.3 Å². The SMILES string of the molecule is [C-]#[O+].[C-]#[O+].[C-]#[O+].[K+].[Mo].c1cc[cH-]c1. The molecule has 0 spiro atoms. The summed E-state index contributed by atoms with van der Waals surface area (Å²) in [5, 5.41) is 0. The van der Waals surface area contributed by atoms with Crippen molar-refractivity contribution in [2.24, 2.45) is 0 Å². The van der Waals surface area contributed by atoms with E-state index in [1.165, 1.54) is 0 Å². The van der Waals surface area contributed by atoms with E-state index in [2.05, 4.69) is 20.0 Å². The molecule has 1 aromatic carbocycles. The van der Waals surface area contributed by atoms with E-state index in [-0.39, 0.29) is 72.4 Å². The standard InChI is InChI=1S/C5H5.3CO.K.Mo/c1-2-4-5-3-1;3*1-2;;/h1-5H;;;;;/q-1;;;;+1;. The van der Waals surface area contributed by atoms with E-state index in [1.807, 2.05) is 30.3 Å². The number of hydrogen-bond acceptors (Lipinski definition) is 0. The summed E-state index contributed by atoms with van der Waals surface area (Å²) >= 11 is 0. The second kappa shape index (κ2) is 52.5. The summed E-state index contributed by atoms with van der Waals surface area (Å²) in [6.45, 7) is 13.5. The summed E-state index contributed by atoms with van der Waals surface area (Å²) < 4.78 is 22.5. The first-order valence-corrected chi connectivity index (χ1v) is 2.28. The molecule has 0 saturated carbocycles. The van der Waals surface area contributed by atoms with Crippen LogP contribution < -0.4 is 51.4 Å². The largest absolute Gasteiger partial charge is 1.00 e. The van der Waals surface area contributed by atoms with Gasteiger partial charge in [0, 0.05) is 21.1 Å². The molecule has 3 nitrogen and oxygen atoms in total. The summed E-state index contributed by atoms with van der Waals surface area (Å²) in [6, 6.07) is 10.0. The van der Waals surface area contributed by atoms with Crippen LogP contribution in [-0.4, -0.2) is 0 Å². The van der Waals surface area contributed by atoms with Crippen molar-refractivity contribution in [2.45, 2.75) is 0 Å². The Balaban J connectivity index is -0.0000000239. The number of hydrogen-bond donors (Lipinski definition) is 0. The van der Waals surface area contributed by atoms with Crippen molar-refractivity contribution in [2.75, 3.05) is 0 Å². The first-order chi connectivity index (χ1) is 5.50. The predicted molar refractivity (Wildman–Crippen MR) is 33.8 cm³/mol. The van der Waals surface area contributed by atoms with E-state index in [0.29, 0.717) is 0 Å². The van der Waals surface area contributed by atoms with Gasteiger partial charge < -0.3 is 0 Å². The summed E-state index contributed by atoms with van der Waals surface area (Å²) in [7, 11) is 0. The third-order valence-corrected chi connectivity index (χ3v) is 0.556. The minimum absolute atomic E-state index is 0. The van der Waals surface area contributed by atoms with Crippen LogP contribution in [-0.2, 0) is 35.0 Å². The van der Waals surface area contributed by atoms with Gasteiger partial charge in [-0.3, -0.25) is 0 Å². The van der Waals surface area contributed by atoms with Gasteiger partial charge in [-0.15, -0.1) is 0 Å². The average Bonchev–Trinajstić information content (AvgIpc) is 2.71. The Morgan fingerprint density at radius 3 is 1.08 bits per heavy atom. The Morgan fingerprint density at radius 1 is 0.769 bits per heavy atom. The minimum atomic E-state index is 0. The van der Waals surface area contributed by atoms with Gasteiger partial charge in [0.1, 0.15) is 0 Å². The molecule has 5 heteroatoms. The molecule has 13 heavy (non-hydrogen) atoms. The molecular weight excluding hydrogens is 279 g/mol. The van der Waals surface area contributed by atoms with Gasteiger partial charge in [-0.2, -0.15) is 18.2 Å². The molecule has 0 aliphatic carbocycles. The molecule has 0 atom stereocenters. The Labute approximate surface area is 134 Å². The summed E-state index contributed by atoms with van der Waals surface area (Å²) in [6.07, 6.45) is 0. The molecule has 0 fully saturated rings. The Morgan fingerprint density at radius 2 is 1.00 bits per heavy atom.